The summed E-state index contributed by atoms with van der Waals surface area (Å²) in [6, 6.07) is 6.86. The summed E-state index contributed by atoms with van der Waals surface area (Å²) in [5.41, 5.74) is 2.17. The van der Waals surface area contributed by atoms with Gasteiger partial charge in [-0.3, -0.25) is 9.59 Å². The molecule has 1 saturated heterocycles. The minimum atomic E-state index is -0.236. The Hall–Kier alpha value is -2.17. The third-order valence-corrected chi connectivity index (χ3v) is 6.01. The molecule has 1 saturated carbocycles. The van der Waals surface area contributed by atoms with Crippen LogP contribution in [0.1, 0.15) is 44.1 Å². The molecule has 0 unspecified atom stereocenters. The predicted molar refractivity (Wildman–Crippen MR) is 97.7 cm³/mol. The van der Waals surface area contributed by atoms with E-state index in [2.05, 4.69) is 6.08 Å². The summed E-state index contributed by atoms with van der Waals surface area (Å²) in [6.07, 6.45) is 7.73. The molecule has 0 aromatic heterocycles. The van der Waals surface area contributed by atoms with Gasteiger partial charge in [0.2, 0.25) is 11.8 Å². The minimum Gasteiger partial charge on any atom is -0.339 e. The molecule has 1 aromatic carbocycles. The molecule has 1 aliphatic carbocycles. The van der Waals surface area contributed by atoms with Crippen LogP contribution in [0.5, 0.6) is 0 Å². The van der Waals surface area contributed by atoms with Crippen molar-refractivity contribution in [3.05, 3.63) is 41.7 Å². The monoisotopic (exact) mass is 356 g/mol. The number of rotatable bonds is 3. The van der Waals surface area contributed by atoms with Crippen LogP contribution in [-0.4, -0.2) is 47.3 Å². The van der Waals surface area contributed by atoms with Gasteiger partial charge in [0.15, 0.2) is 0 Å². The predicted octanol–water partition coefficient (Wildman–Crippen LogP) is 3.23. The first-order valence-corrected chi connectivity index (χ1v) is 9.65. The third kappa shape index (κ3) is 3.39. The zero-order valence-corrected chi connectivity index (χ0v) is 15.0. The molecule has 3 aliphatic rings. The van der Waals surface area contributed by atoms with E-state index >= 15 is 0 Å². The average Bonchev–Trinajstić information content (AvgIpc) is 3.31. The second-order valence-electron chi connectivity index (χ2n) is 7.66. The molecule has 1 aromatic rings. The number of hydrogen-bond acceptors (Lipinski definition) is 2. The van der Waals surface area contributed by atoms with Crippen molar-refractivity contribution in [1.82, 2.24) is 9.80 Å². The van der Waals surface area contributed by atoms with Gasteiger partial charge in [0, 0.05) is 32.1 Å². The minimum absolute atomic E-state index is 0.105. The molecule has 0 spiro atoms. The molecule has 0 N–H and O–H groups in total. The molecule has 2 aliphatic heterocycles. The molecule has 26 heavy (non-hydrogen) atoms. The van der Waals surface area contributed by atoms with E-state index in [0.29, 0.717) is 32.1 Å². The highest BCUT2D eigenvalue weighted by Crippen LogP contribution is 2.31. The Morgan fingerprint density at radius 1 is 1.12 bits per heavy atom. The van der Waals surface area contributed by atoms with Gasteiger partial charge < -0.3 is 9.80 Å². The van der Waals surface area contributed by atoms with Gasteiger partial charge in [0.1, 0.15) is 5.82 Å². The topological polar surface area (TPSA) is 40.6 Å². The SMILES string of the molecule is O=C([C@@H]1CC(=O)N(C2CCCC2)C1)N1CC=C(c2ccc(F)cc2)CC1. The van der Waals surface area contributed by atoms with E-state index in [0.717, 1.165) is 30.4 Å². The molecule has 2 amide bonds. The molecular formula is C21H25FN2O2. The van der Waals surface area contributed by atoms with Crippen LogP contribution in [0.25, 0.3) is 5.57 Å². The highest BCUT2D eigenvalue weighted by molar-refractivity contribution is 5.90. The summed E-state index contributed by atoms with van der Waals surface area (Å²) in [7, 11) is 0. The summed E-state index contributed by atoms with van der Waals surface area (Å²) in [5.74, 6) is -0.174. The number of carbonyl (C=O) groups excluding carboxylic acids is 2. The van der Waals surface area contributed by atoms with Gasteiger partial charge in [-0.2, -0.15) is 0 Å². The lowest BCUT2D eigenvalue weighted by Gasteiger charge is -2.29. The second-order valence-corrected chi connectivity index (χ2v) is 7.66. The van der Waals surface area contributed by atoms with E-state index < -0.39 is 0 Å². The van der Waals surface area contributed by atoms with Crippen LogP contribution in [0.4, 0.5) is 4.39 Å². The van der Waals surface area contributed by atoms with E-state index in [1.54, 1.807) is 12.1 Å². The Morgan fingerprint density at radius 2 is 1.85 bits per heavy atom. The Kier molecular flexibility index (Phi) is 4.79. The number of carbonyl (C=O) groups is 2. The van der Waals surface area contributed by atoms with Crippen LogP contribution >= 0.6 is 0 Å². The van der Waals surface area contributed by atoms with Crippen LogP contribution in [0, 0.1) is 11.7 Å². The summed E-state index contributed by atoms with van der Waals surface area (Å²) in [5, 5.41) is 0. The van der Waals surface area contributed by atoms with Crippen molar-refractivity contribution in [2.24, 2.45) is 5.92 Å². The van der Waals surface area contributed by atoms with Gasteiger partial charge in [0.25, 0.3) is 0 Å². The van der Waals surface area contributed by atoms with Crippen molar-refractivity contribution in [1.29, 1.82) is 0 Å². The maximum Gasteiger partial charge on any atom is 0.228 e. The number of likely N-dealkylation sites (tertiary alicyclic amines) is 1. The molecule has 138 valence electrons. The number of amides is 2. The van der Waals surface area contributed by atoms with Crippen LogP contribution in [-0.2, 0) is 9.59 Å². The highest BCUT2D eigenvalue weighted by Gasteiger charge is 2.40. The first-order valence-electron chi connectivity index (χ1n) is 9.65. The third-order valence-electron chi connectivity index (χ3n) is 6.01. The van der Waals surface area contributed by atoms with E-state index in [-0.39, 0.29) is 23.5 Å². The number of hydrogen-bond donors (Lipinski definition) is 0. The van der Waals surface area contributed by atoms with Gasteiger partial charge in [-0.25, -0.2) is 4.39 Å². The molecule has 5 heteroatoms. The Balaban J connectivity index is 1.37. The fourth-order valence-electron chi connectivity index (χ4n) is 4.52. The van der Waals surface area contributed by atoms with Crippen molar-refractivity contribution >= 4 is 17.4 Å². The zero-order chi connectivity index (χ0) is 18.1. The summed E-state index contributed by atoms with van der Waals surface area (Å²) >= 11 is 0. The maximum atomic E-state index is 13.1. The van der Waals surface area contributed by atoms with Gasteiger partial charge in [-0.05, 0) is 42.5 Å². The maximum absolute atomic E-state index is 13.1. The lowest BCUT2D eigenvalue weighted by Crippen LogP contribution is -2.40. The standard InChI is InChI=1S/C21H25FN2O2/c22-18-7-5-15(6-8-18)16-9-11-23(12-10-16)21(26)17-13-20(25)24(14-17)19-3-1-2-4-19/h5-9,17,19H,1-4,10-14H2/t17-/m1/s1. The van der Waals surface area contributed by atoms with Gasteiger partial charge in [0.05, 0.1) is 5.92 Å². The van der Waals surface area contributed by atoms with Crippen LogP contribution in [0.15, 0.2) is 30.3 Å². The summed E-state index contributed by atoms with van der Waals surface area (Å²) in [4.78, 5) is 29.0. The first-order chi connectivity index (χ1) is 12.6. The van der Waals surface area contributed by atoms with E-state index in [9.17, 15) is 14.0 Å². The number of nitrogens with zero attached hydrogens (tertiary/aromatic N) is 2. The van der Waals surface area contributed by atoms with Crippen LogP contribution in [0.3, 0.4) is 0 Å². The molecular weight excluding hydrogens is 331 g/mol. The normalized spacial score (nSPS) is 24.3. The van der Waals surface area contributed by atoms with Gasteiger partial charge in [-0.1, -0.05) is 31.1 Å². The van der Waals surface area contributed by atoms with E-state index in [1.165, 1.54) is 25.0 Å². The second kappa shape index (κ2) is 7.22. The Bertz CT molecular complexity index is 722. The Morgan fingerprint density at radius 3 is 2.50 bits per heavy atom. The van der Waals surface area contributed by atoms with Crippen molar-refractivity contribution in [2.45, 2.75) is 44.6 Å². The highest BCUT2D eigenvalue weighted by atomic mass is 19.1. The molecule has 0 bridgehead atoms. The van der Waals surface area contributed by atoms with Crippen molar-refractivity contribution in [2.75, 3.05) is 19.6 Å². The molecule has 0 radical (unpaired) electrons. The van der Waals surface area contributed by atoms with Gasteiger partial charge >= 0.3 is 0 Å². The fraction of sp³-hybridized carbons (Fsp3) is 0.524. The summed E-state index contributed by atoms with van der Waals surface area (Å²) < 4.78 is 13.1. The van der Waals surface area contributed by atoms with Gasteiger partial charge in [-0.15, -0.1) is 0 Å². The Labute approximate surface area is 153 Å². The zero-order valence-electron chi connectivity index (χ0n) is 15.0. The lowest BCUT2D eigenvalue weighted by molar-refractivity contribution is -0.135. The van der Waals surface area contributed by atoms with Crippen molar-refractivity contribution in [3.8, 4) is 0 Å². The number of benzene rings is 1. The molecule has 4 rings (SSSR count). The first kappa shape index (κ1) is 17.3. The lowest BCUT2D eigenvalue weighted by atomic mass is 9.98. The molecule has 4 nitrogen and oxygen atoms in total. The number of halogens is 1. The van der Waals surface area contributed by atoms with Crippen LogP contribution in [0.2, 0.25) is 0 Å². The average molecular weight is 356 g/mol. The molecule has 2 fully saturated rings. The van der Waals surface area contributed by atoms with E-state index in [1.807, 2.05) is 9.80 Å². The quantitative estimate of drug-likeness (QED) is 0.834. The molecule has 1 atom stereocenters. The van der Waals surface area contributed by atoms with Crippen molar-refractivity contribution < 1.29 is 14.0 Å². The van der Waals surface area contributed by atoms with E-state index in [4.69, 9.17) is 0 Å². The van der Waals surface area contributed by atoms with Crippen LogP contribution < -0.4 is 0 Å². The van der Waals surface area contributed by atoms with Crippen molar-refractivity contribution in [3.63, 3.8) is 0 Å². The smallest absolute Gasteiger partial charge is 0.228 e. The fourth-order valence-corrected chi connectivity index (χ4v) is 4.52. The largest absolute Gasteiger partial charge is 0.339 e. The summed E-state index contributed by atoms with van der Waals surface area (Å²) in [6.45, 7) is 1.82. The molecule has 2 heterocycles.